The van der Waals surface area contributed by atoms with Crippen LogP contribution in [-0.2, 0) is 6.54 Å². The van der Waals surface area contributed by atoms with Gasteiger partial charge in [-0.15, -0.1) is 0 Å². The molecule has 0 aromatic heterocycles. The van der Waals surface area contributed by atoms with Gasteiger partial charge in [-0.05, 0) is 64.2 Å². The maximum atomic E-state index is 14.1. The van der Waals surface area contributed by atoms with E-state index < -0.39 is 0 Å². The van der Waals surface area contributed by atoms with Crippen LogP contribution in [0, 0.1) is 5.82 Å². The van der Waals surface area contributed by atoms with Gasteiger partial charge in [0, 0.05) is 12.1 Å². The van der Waals surface area contributed by atoms with Crippen LogP contribution in [0.1, 0.15) is 58.4 Å². The molecule has 112 valence electrons. The summed E-state index contributed by atoms with van der Waals surface area (Å²) >= 11 is 0. The standard InChI is InChI=1S/C17H26FNO/c1-17(2,3)19-12-13-9-10-16(15(18)11-13)20-14-7-5-4-6-8-14/h9-11,14,19H,4-8,12H2,1-3H3. The second-order valence-corrected chi connectivity index (χ2v) is 6.75. The molecule has 1 fully saturated rings. The fraction of sp³-hybridized carbons (Fsp3) is 0.647. The largest absolute Gasteiger partial charge is 0.487 e. The van der Waals surface area contributed by atoms with Crippen molar-refractivity contribution in [2.75, 3.05) is 0 Å². The summed E-state index contributed by atoms with van der Waals surface area (Å²) in [5.41, 5.74) is 0.988. The molecule has 0 saturated heterocycles. The van der Waals surface area contributed by atoms with Crippen LogP contribution in [0.4, 0.5) is 4.39 Å². The first kappa shape index (κ1) is 15.3. The molecule has 0 spiro atoms. The van der Waals surface area contributed by atoms with Crippen molar-refractivity contribution in [2.45, 2.75) is 71.1 Å². The molecule has 0 amide bonds. The van der Waals surface area contributed by atoms with Crippen LogP contribution in [-0.4, -0.2) is 11.6 Å². The molecule has 1 aromatic rings. The molecule has 0 atom stereocenters. The van der Waals surface area contributed by atoms with Gasteiger partial charge in [-0.1, -0.05) is 12.5 Å². The Morgan fingerprint density at radius 2 is 1.90 bits per heavy atom. The highest BCUT2D eigenvalue weighted by atomic mass is 19.1. The number of ether oxygens (including phenoxy) is 1. The molecule has 20 heavy (non-hydrogen) atoms. The first-order valence-electron chi connectivity index (χ1n) is 7.64. The fourth-order valence-corrected chi connectivity index (χ4v) is 2.48. The zero-order valence-corrected chi connectivity index (χ0v) is 12.8. The number of nitrogens with one attached hydrogen (secondary N) is 1. The van der Waals surface area contributed by atoms with E-state index >= 15 is 0 Å². The van der Waals surface area contributed by atoms with Crippen molar-refractivity contribution in [1.82, 2.24) is 5.32 Å². The minimum absolute atomic E-state index is 0.0355. The van der Waals surface area contributed by atoms with Crippen LogP contribution in [0.5, 0.6) is 5.75 Å². The molecule has 1 saturated carbocycles. The van der Waals surface area contributed by atoms with E-state index in [1.54, 1.807) is 12.1 Å². The molecule has 0 bridgehead atoms. The summed E-state index contributed by atoms with van der Waals surface area (Å²) in [6.07, 6.45) is 5.95. The summed E-state index contributed by atoms with van der Waals surface area (Å²) in [4.78, 5) is 0. The third kappa shape index (κ3) is 4.78. The molecule has 1 aromatic carbocycles. The number of benzene rings is 1. The van der Waals surface area contributed by atoms with Gasteiger partial charge in [0.2, 0.25) is 0 Å². The Hall–Kier alpha value is -1.09. The van der Waals surface area contributed by atoms with Crippen molar-refractivity contribution in [3.05, 3.63) is 29.6 Å². The van der Waals surface area contributed by atoms with E-state index in [0.717, 1.165) is 18.4 Å². The minimum Gasteiger partial charge on any atom is -0.487 e. The second-order valence-electron chi connectivity index (χ2n) is 6.75. The second kappa shape index (κ2) is 6.57. The zero-order valence-electron chi connectivity index (χ0n) is 12.8. The smallest absolute Gasteiger partial charge is 0.165 e. The molecule has 2 rings (SSSR count). The van der Waals surface area contributed by atoms with E-state index in [4.69, 9.17) is 4.74 Å². The van der Waals surface area contributed by atoms with E-state index in [9.17, 15) is 4.39 Å². The van der Waals surface area contributed by atoms with Gasteiger partial charge in [-0.25, -0.2) is 4.39 Å². The average Bonchev–Trinajstić information content (AvgIpc) is 2.40. The average molecular weight is 279 g/mol. The van der Waals surface area contributed by atoms with Crippen molar-refractivity contribution in [1.29, 1.82) is 0 Å². The minimum atomic E-state index is -0.246. The van der Waals surface area contributed by atoms with E-state index in [-0.39, 0.29) is 17.5 Å². The lowest BCUT2D eigenvalue weighted by atomic mass is 9.98. The van der Waals surface area contributed by atoms with E-state index in [1.165, 1.54) is 19.3 Å². The van der Waals surface area contributed by atoms with Crippen LogP contribution in [0.3, 0.4) is 0 Å². The highest BCUT2D eigenvalue weighted by Crippen LogP contribution is 2.26. The number of halogens is 1. The fourth-order valence-electron chi connectivity index (χ4n) is 2.48. The van der Waals surface area contributed by atoms with Crippen LogP contribution in [0.2, 0.25) is 0 Å². The molecule has 0 unspecified atom stereocenters. The Labute approximate surface area is 121 Å². The van der Waals surface area contributed by atoms with E-state index in [1.807, 2.05) is 6.07 Å². The van der Waals surface area contributed by atoms with Crippen LogP contribution in [0.25, 0.3) is 0 Å². The zero-order chi connectivity index (χ0) is 14.6. The van der Waals surface area contributed by atoms with E-state index in [2.05, 4.69) is 26.1 Å². The molecule has 2 nitrogen and oxygen atoms in total. The van der Waals surface area contributed by atoms with Crippen LogP contribution >= 0.6 is 0 Å². The number of hydrogen-bond acceptors (Lipinski definition) is 2. The SMILES string of the molecule is CC(C)(C)NCc1ccc(OC2CCCCC2)c(F)c1. The summed E-state index contributed by atoms with van der Waals surface area (Å²) in [5, 5.41) is 3.36. The summed E-state index contributed by atoms with van der Waals surface area (Å²) in [7, 11) is 0. The molecule has 1 N–H and O–H groups in total. The van der Waals surface area contributed by atoms with Gasteiger partial charge in [0.1, 0.15) is 0 Å². The number of hydrogen-bond donors (Lipinski definition) is 1. The van der Waals surface area contributed by atoms with Gasteiger partial charge in [0.05, 0.1) is 6.10 Å². The first-order chi connectivity index (χ1) is 9.44. The molecule has 0 heterocycles. The third-order valence-corrected chi connectivity index (χ3v) is 3.66. The topological polar surface area (TPSA) is 21.3 Å². The third-order valence-electron chi connectivity index (χ3n) is 3.66. The summed E-state index contributed by atoms with van der Waals surface area (Å²) in [6.45, 7) is 6.97. The van der Waals surface area contributed by atoms with Crippen LogP contribution < -0.4 is 10.1 Å². The summed E-state index contributed by atoms with van der Waals surface area (Å²) < 4.78 is 19.9. The lowest BCUT2D eigenvalue weighted by Crippen LogP contribution is -2.35. The molecule has 1 aliphatic carbocycles. The Balaban J connectivity index is 1.94. The molecule has 1 aliphatic rings. The van der Waals surface area contributed by atoms with Gasteiger partial charge in [-0.2, -0.15) is 0 Å². The van der Waals surface area contributed by atoms with Crippen molar-refractivity contribution < 1.29 is 9.13 Å². The maximum absolute atomic E-state index is 14.1. The molecule has 0 radical (unpaired) electrons. The normalized spacial score (nSPS) is 17.2. The lowest BCUT2D eigenvalue weighted by molar-refractivity contribution is 0.148. The Kier molecular flexibility index (Phi) is 5.03. The predicted molar refractivity (Wildman–Crippen MR) is 80.5 cm³/mol. The van der Waals surface area contributed by atoms with Crippen molar-refractivity contribution in [2.24, 2.45) is 0 Å². The van der Waals surface area contributed by atoms with Crippen molar-refractivity contribution in [3.8, 4) is 5.75 Å². The van der Waals surface area contributed by atoms with E-state index in [0.29, 0.717) is 12.3 Å². The maximum Gasteiger partial charge on any atom is 0.165 e. The predicted octanol–water partition coefficient (Wildman–Crippen LogP) is 4.43. The lowest BCUT2D eigenvalue weighted by Gasteiger charge is -2.23. The molecular formula is C17H26FNO. The Bertz CT molecular complexity index is 433. The Morgan fingerprint density at radius 1 is 1.20 bits per heavy atom. The van der Waals surface area contributed by atoms with Crippen molar-refractivity contribution >= 4 is 0 Å². The quantitative estimate of drug-likeness (QED) is 0.880. The highest BCUT2D eigenvalue weighted by Gasteiger charge is 2.17. The summed E-state index contributed by atoms with van der Waals surface area (Å²) in [6, 6.07) is 5.29. The molecular weight excluding hydrogens is 253 g/mol. The number of rotatable bonds is 4. The summed E-state index contributed by atoms with van der Waals surface area (Å²) in [5.74, 6) is 0.153. The van der Waals surface area contributed by atoms with Gasteiger partial charge >= 0.3 is 0 Å². The molecule has 0 aliphatic heterocycles. The molecule has 3 heteroatoms. The van der Waals surface area contributed by atoms with Gasteiger partial charge in [0.15, 0.2) is 11.6 Å². The Morgan fingerprint density at radius 3 is 2.50 bits per heavy atom. The van der Waals surface area contributed by atoms with Crippen LogP contribution in [0.15, 0.2) is 18.2 Å². The monoisotopic (exact) mass is 279 g/mol. The first-order valence-corrected chi connectivity index (χ1v) is 7.64. The van der Waals surface area contributed by atoms with Gasteiger partial charge in [0.25, 0.3) is 0 Å². The highest BCUT2D eigenvalue weighted by molar-refractivity contribution is 5.29. The van der Waals surface area contributed by atoms with Gasteiger partial charge < -0.3 is 10.1 Å². The van der Waals surface area contributed by atoms with Gasteiger partial charge in [-0.3, -0.25) is 0 Å². The van der Waals surface area contributed by atoms with Crippen molar-refractivity contribution in [3.63, 3.8) is 0 Å².